The van der Waals surface area contributed by atoms with E-state index in [-0.39, 0.29) is 6.10 Å². The number of hydrogen-bond acceptors (Lipinski definition) is 6. The molecule has 0 saturated carbocycles. The van der Waals surface area contributed by atoms with Gasteiger partial charge < -0.3 is 20.1 Å². The Hall–Kier alpha value is -1.86. The Balaban J connectivity index is 1.24. The first kappa shape index (κ1) is 21.4. The van der Waals surface area contributed by atoms with Crippen LogP contribution >= 0.6 is 22.7 Å². The summed E-state index contributed by atoms with van der Waals surface area (Å²) >= 11 is 3.47. The number of nitrogen functional groups attached to an aromatic ring is 1. The van der Waals surface area contributed by atoms with Gasteiger partial charge in [0.15, 0.2) is 0 Å². The van der Waals surface area contributed by atoms with Gasteiger partial charge in [-0.3, -0.25) is 0 Å². The van der Waals surface area contributed by atoms with E-state index in [0.717, 1.165) is 38.2 Å². The Labute approximate surface area is 187 Å². The lowest BCUT2D eigenvalue weighted by molar-refractivity contribution is -0.0289. The molecule has 1 saturated heterocycles. The molecule has 0 bridgehead atoms. The highest BCUT2D eigenvalue weighted by Gasteiger charge is 2.26. The monoisotopic (exact) mass is 442 g/mol. The fourth-order valence-electron chi connectivity index (χ4n) is 3.96. The summed E-state index contributed by atoms with van der Waals surface area (Å²) in [6.07, 6.45) is 2.51. The summed E-state index contributed by atoms with van der Waals surface area (Å²) < 4.78 is 12.5. The summed E-state index contributed by atoms with van der Waals surface area (Å²) in [5, 5.41) is 8.68. The highest BCUT2D eigenvalue weighted by Crippen LogP contribution is 2.32. The zero-order chi connectivity index (χ0) is 20.8. The molecule has 1 unspecified atom stereocenters. The molecule has 3 heterocycles. The van der Waals surface area contributed by atoms with Crippen molar-refractivity contribution in [2.45, 2.75) is 32.0 Å². The molecule has 4 nitrogen and oxygen atoms in total. The fraction of sp³-hybridized carbons (Fsp3) is 0.417. The number of nitrogens with zero attached hydrogens (tertiary/aromatic N) is 1. The van der Waals surface area contributed by atoms with Gasteiger partial charge in [-0.1, -0.05) is 19.1 Å². The van der Waals surface area contributed by atoms with Gasteiger partial charge in [0.1, 0.15) is 11.9 Å². The molecule has 0 amide bonds. The minimum absolute atomic E-state index is 0.0581. The van der Waals surface area contributed by atoms with Crippen LogP contribution in [-0.2, 0) is 4.74 Å². The van der Waals surface area contributed by atoms with Crippen molar-refractivity contribution in [3.05, 3.63) is 69.0 Å². The number of benzene rings is 1. The van der Waals surface area contributed by atoms with Crippen molar-refractivity contribution in [1.82, 2.24) is 4.90 Å². The summed E-state index contributed by atoms with van der Waals surface area (Å²) in [5.41, 5.74) is 9.21. The Morgan fingerprint density at radius 2 is 1.70 bits per heavy atom. The van der Waals surface area contributed by atoms with Crippen LogP contribution in [0.15, 0.2) is 57.9 Å². The third-order valence-electron chi connectivity index (χ3n) is 5.57. The maximum Gasteiger partial charge on any atom is 0.142 e. The van der Waals surface area contributed by atoms with Crippen molar-refractivity contribution in [1.29, 1.82) is 0 Å². The maximum atomic E-state index is 6.60. The van der Waals surface area contributed by atoms with Crippen LogP contribution in [0.5, 0.6) is 5.75 Å². The summed E-state index contributed by atoms with van der Waals surface area (Å²) in [6.45, 7) is 6.11. The second-order valence-electron chi connectivity index (χ2n) is 8.08. The zero-order valence-corrected chi connectivity index (χ0v) is 19.0. The third-order valence-corrected chi connectivity index (χ3v) is 6.97. The van der Waals surface area contributed by atoms with Crippen molar-refractivity contribution in [2.24, 2.45) is 5.92 Å². The molecule has 3 aromatic rings. The number of piperidine rings is 1. The van der Waals surface area contributed by atoms with Crippen LogP contribution in [0.4, 0.5) is 5.69 Å². The van der Waals surface area contributed by atoms with Gasteiger partial charge in [-0.25, -0.2) is 0 Å². The van der Waals surface area contributed by atoms with Crippen LogP contribution in [0, 0.1) is 5.92 Å². The molecule has 6 heteroatoms. The van der Waals surface area contributed by atoms with E-state index in [1.54, 1.807) is 22.7 Å². The average Bonchev–Trinajstić information content (AvgIpc) is 3.47. The Morgan fingerprint density at radius 3 is 2.30 bits per heavy atom. The number of anilines is 1. The lowest BCUT2D eigenvalue weighted by Crippen LogP contribution is -2.40. The second kappa shape index (κ2) is 10.4. The predicted octanol–water partition coefficient (Wildman–Crippen LogP) is 5.68. The van der Waals surface area contributed by atoms with Gasteiger partial charge >= 0.3 is 0 Å². The van der Waals surface area contributed by atoms with Crippen molar-refractivity contribution >= 4 is 28.4 Å². The fourth-order valence-corrected chi connectivity index (χ4v) is 5.30. The second-order valence-corrected chi connectivity index (χ2v) is 9.64. The van der Waals surface area contributed by atoms with E-state index >= 15 is 0 Å². The Kier molecular flexibility index (Phi) is 7.44. The van der Waals surface area contributed by atoms with Gasteiger partial charge in [0.25, 0.3) is 0 Å². The van der Waals surface area contributed by atoms with Crippen molar-refractivity contribution in [2.75, 3.05) is 32.0 Å². The topological polar surface area (TPSA) is 47.7 Å². The zero-order valence-electron chi connectivity index (χ0n) is 17.4. The summed E-state index contributed by atoms with van der Waals surface area (Å²) in [4.78, 5) is 2.53. The predicted molar refractivity (Wildman–Crippen MR) is 127 cm³/mol. The van der Waals surface area contributed by atoms with E-state index < -0.39 is 0 Å². The standard InChI is InChI=1S/C24H30N2O2S2/c1-18(15-27-23-5-3-2-4-22(23)25)14-26-10-6-21(7-11-26)28-24(19-8-12-29-16-19)20-9-13-30-17-20/h2-5,8-9,12-13,16-18,21,24H,6-7,10-11,14-15,25H2,1H3. The van der Waals surface area contributed by atoms with Gasteiger partial charge in [0.05, 0.1) is 18.4 Å². The van der Waals surface area contributed by atoms with E-state index in [9.17, 15) is 0 Å². The molecule has 4 rings (SSSR count). The minimum Gasteiger partial charge on any atom is -0.491 e. The molecular weight excluding hydrogens is 412 g/mol. The number of para-hydroxylation sites is 2. The van der Waals surface area contributed by atoms with Crippen LogP contribution in [0.2, 0.25) is 0 Å². The minimum atomic E-state index is 0.0581. The number of nitrogens with two attached hydrogens (primary N) is 1. The smallest absolute Gasteiger partial charge is 0.142 e. The van der Waals surface area contributed by atoms with E-state index in [1.807, 2.05) is 24.3 Å². The SMILES string of the molecule is CC(COc1ccccc1N)CN1CCC(OC(c2ccsc2)c2ccsc2)CC1. The quantitative estimate of drug-likeness (QED) is 0.433. The molecule has 2 aromatic heterocycles. The van der Waals surface area contributed by atoms with E-state index in [2.05, 4.69) is 45.5 Å². The van der Waals surface area contributed by atoms with Gasteiger partial charge in [-0.2, -0.15) is 22.7 Å². The lowest BCUT2D eigenvalue weighted by Gasteiger charge is -2.35. The molecular formula is C24H30N2O2S2. The Bertz CT molecular complexity index is 840. The molecule has 2 N–H and O–H groups in total. The molecule has 0 radical (unpaired) electrons. The van der Waals surface area contributed by atoms with Gasteiger partial charge in [-0.05, 0) is 69.8 Å². The molecule has 30 heavy (non-hydrogen) atoms. The Morgan fingerprint density at radius 1 is 1.03 bits per heavy atom. The molecule has 1 aliphatic heterocycles. The van der Waals surface area contributed by atoms with Crippen molar-refractivity contribution < 1.29 is 9.47 Å². The summed E-state index contributed by atoms with van der Waals surface area (Å²) in [5.74, 6) is 1.23. The molecule has 1 atom stereocenters. The number of likely N-dealkylation sites (tertiary alicyclic amines) is 1. The summed E-state index contributed by atoms with van der Waals surface area (Å²) in [7, 11) is 0. The van der Waals surface area contributed by atoms with Crippen molar-refractivity contribution in [3.8, 4) is 5.75 Å². The van der Waals surface area contributed by atoms with E-state index in [1.165, 1.54) is 11.1 Å². The van der Waals surface area contributed by atoms with Crippen LogP contribution in [0.3, 0.4) is 0 Å². The van der Waals surface area contributed by atoms with Crippen molar-refractivity contribution in [3.63, 3.8) is 0 Å². The number of thiophene rings is 2. The molecule has 0 aliphatic carbocycles. The number of rotatable bonds is 9. The van der Waals surface area contributed by atoms with Crippen LogP contribution < -0.4 is 10.5 Å². The molecule has 160 valence electrons. The average molecular weight is 443 g/mol. The van der Waals surface area contributed by atoms with Gasteiger partial charge in [0, 0.05) is 25.6 Å². The van der Waals surface area contributed by atoms with Crippen LogP contribution in [0.25, 0.3) is 0 Å². The first-order chi connectivity index (χ1) is 14.7. The highest BCUT2D eigenvalue weighted by molar-refractivity contribution is 7.08. The maximum absolute atomic E-state index is 6.60. The first-order valence-corrected chi connectivity index (χ1v) is 12.5. The molecule has 1 aromatic carbocycles. The number of ether oxygens (including phenoxy) is 2. The van der Waals surface area contributed by atoms with Crippen LogP contribution in [0.1, 0.15) is 37.0 Å². The van der Waals surface area contributed by atoms with Gasteiger partial charge in [0.2, 0.25) is 0 Å². The highest BCUT2D eigenvalue weighted by atomic mass is 32.1. The van der Waals surface area contributed by atoms with Crippen LogP contribution in [-0.4, -0.2) is 37.2 Å². The molecule has 1 aliphatic rings. The van der Waals surface area contributed by atoms with Gasteiger partial charge in [-0.15, -0.1) is 0 Å². The largest absolute Gasteiger partial charge is 0.491 e. The third kappa shape index (κ3) is 5.64. The first-order valence-electron chi connectivity index (χ1n) is 10.6. The summed E-state index contributed by atoms with van der Waals surface area (Å²) in [6, 6.07) is 12.1. The molecule has 0 spiro atoms. The lowest BCUT2D eigenvalue weighted by atomic mass is 10.0. The normalized spacial score (nSPS) is 16.7. The number of hydrogen-bond donors (Lipinski definition) is 1. The van der Waals surface area contributed by atoms with E-state index in [0.29, 0.717) is 24.3 Å². The van der Waals surface area contributed by atoms with E-state index in [4.69, 9.17) is 15.2 Å². The molecule has 1 fully saturated rings.